The first-order valence-corrected chi connectivity index (χ1v) is 5.76. The van der Waals surface area contributed by atoms with Crippen molar-refractivity contribution in [3.05, 3.63) is 46.4 Å². The van der Waals surface area contributed by atoms with Gasteiger partial charge < -0.3 is 22.9 Å². The molecular weight excluding hydrogens is 271 g/mol. The topological polar surface area (TPSA) is 104 Å². The van der Waals surface area contributed by atoms with Gasteiger partial charge >= 0.3 is 0 Å². The molecule has 4 nitrogen and oxygen atoms in total. The number of hydrogen-bond acceptors (Lipinski definition) is 4. The Balaban J connectivity index is 0.000000180. The molecule has 0 saturated heterocycles. The quantitative estimate of drug-likeness (QED) is 0.558. The van der Waals surface area contributed by atoms with Crippen LogP contribution in [-0.2, 0) is 0 Å². The number of nitrogens with two attached hydrogens (primary N) is 4. The van der Waals surface area contributed by atoms with Crippen LogP contribution in [-0.4, -0.2) is 0 Å². The van der Waals surface area contributed by atoms with Crippen LogP contribution in [0.15, 0.2) is 36.4 Å². The number of anilines is 4. The maximum absolute atomic E-state index is 5.61. The molecule has 0 spiro atoms. The van der Waals surface area contributed by atoms with Gasteiger partial charge in [-0.25, -0.2) is 0 Å². The molecule has 0 saturated carbocycles. The van der Waals surface area contributed by atoms with Gasteiger partial charge in [-0.15, -0.1) is 0 Å². The fourth-order valence-corrected chi connectivity index (χ4v) is 1.46. The van der Waals surface area contributed by atoms with E-state index in [1.165, 1.54) is 0 Å². The molecule has 2 aromatic rings. The molecule has 0 bridgehead atoms. The summed E-state index contributed by atoms with van der Waals surface area (Å²) >= 11 is 11.2. The molecule has 96 valence electrons. The van der Waals surface area contributed by atoms with Crippen molar-refractivity contribution in [3.63, 3.8) is 0 Å². The van der Waals surface area contributed by atoms with Crippen molar-refractivity contribution in [2.24, 2.45) is 0 Å². The van der Waals surface area contributed by atoms with Gasteiger partial charge in [0, 0.05) is 10.7 Å². The van der Waals surface area contributed by atoms with E-state index in [1.807, 2.05) is 0 Å². The second kappa shape index (κ2) is 6.23. The molecule has 0 aliphatic heterocycles. The lowest BCUT2D eigenvalue weighted by Crippen LogP contribution is -1.92. The first kappa shape index (κ1) is 14.3. The largest absolute Gasteiger partial charge is 0.399 e. The van der Waals surface area contributed by atoms with Crippen LogP contribution >= 0.6 is 23.2 Å². The molecule has 0 radical (unpaired) electrons. The van der Waals surface area contributed by atoms with Crippen LogP contribution in [0, 0.1) is 0 Å². The van der Waals surface area contributed by atoms with E-state index in [0.29, 0.717) is 32.8 Å². The second-order valence-corrected chi connectivity index (χ2v) is 4.40. The van der Waals surface area contributed by atoms with E-state index < -0.39 is 0 Å². The van der Waals surface area contributed by atoms with E-state index in [2.05, 4.69) is 0 Å². The summed E-state index contributed by atoms with van der Waals surface area (Å²) in [5.41, 5.74) is 23.9. The molecule has 2 rings (SSSR count). The minimum Gasteiger partial charge on any atom is -0.399 e. The molecule has 0 aliphatic rings. The summed E-state index contributed by atoms with van der Waals surface area (Å²) in [6.07, 6.45) is 0. The SMILES string of the molecule is Nc1ccc(Cl)cc1N.Nc1ccc(N)c(Cl)c1. The third-order valence-electron chi connectivity index (χ3n) is 2.07. The van der Waals surface area contributed by atoms with Gasteiger partial charge in [-0.05, 0) is 36.4 Å². The standard InChI is InChI=1S/2C6H7ClN2/c7-5-3-4(8)1-2-6(5)9;7-4-1-2-5(8)6(9)3-4/h2*1-3H,8-9H2. The summed E-state index contributed by atoms with van der Waals surface area (Å²) in [4.78, 5) is 0. The highest BCUT2D eigenvalue weighted by Gasteiger charge is 1.93. The summed E-state index contributed by atoms with van der Waals surface area (Å²) in [6.45, 7) is 0. The minimum atomic E-state index is 0.509. The predicted molar refractivity (Wildman–Crippen MR) is 80.6 cm³/mol. The Morgan fingerprint density at radius 1 is 0.667 bits per heavy atom. The van der Waals surface area contributed by atoms with Crippen molar-refractivity contribution >= 4 is 46.0 Å². The lowest BCUT2D eigenvalue weighted by atomic mass is 10.3. The second-order valence-electron chi connectivity index (χ2n) is 3.55. The normalized spacial score (nSPS) is 9.44. The summed E-state index contributed by atoms with van der Waals surface area (Å²) in [7, 11) is 0. The number of halogens is 2. The van der Waals surface area contributed by atoms with E-state index in [0.717, 1.165) is 0 Å². The van der Waals surface area contributed by atoms with Gasteiger partial charge in [0.1, 0.15) is 0 Å². The maximum atomic E-state index is 5.61. The smallest absolute Gasteiger partial charge is 0.0655 e. The highest BCUT2D eigenvalue weighted by Crippen LogP contribution is 2.20. The van der Waals surface area contributed by atoms with E-state index in [4.69, 9.17) is 46.1 Å². The van der Waals surface area contributed by atoms with Gasteiger partial charge in [-0.3, -0.25) is 0 Å². The van der Waals surface area contributed by atoms with Crippen LogP contribution in [0.2, 0.25) is 10.0 Å². The molecule has 2 aromatic carbocycles. The molecule has 6 heteroatoms. The van der Waals surface area contributed by atoms with Crippen molar-refractivity contribution in [1.29, 1.82) is 0 Å². The first-order valence-electron chi connectivity index (χ1n) is 5.01. The van der Waals surface area contributed by atoms with Gasteiger partial charge in [-0.1, -0.05) is 23.2 Å². The third kappa shape index (κ3) is 4.24. The van der Waals surface area contributed by atoms with Gasteiger partial charge in [0.15, 0.2) is 0 Å². The van der Waals surface area contributed by atoms with Crippen molar-refractivity contribution in [1.82, 2.24) is 0 Å². The average Bonchev–Trinajstić information content (AvgIpc) is 2.30. The summed E-state index contributed by atoms with van der Waals surface area (Å²) < 4.78 is 0. The van der Waals surface area contributed by atoms with Gasteiger partial charge in [0.05, 0.1) is 22.1 Å². The number of nitrogen functional groups attached to an aromatic ring is 4. The first-order chi connectivity index (χ1) is 8.40. The van der Waals surface area contributed by atoms with E-state index >= 15 is 0 Å². The molecule has 18 heavy (non-hydrogen) atoms. The Morgan fingerprint density at radius 2 is 1.28 bits per heavy atom. The fourth-order valence-electron chi connectivity index (χ4n) is 1.09. The predicted octanol–water partition coefficient (Wildman–Crippen LogP) is 3.01. The molecule has 8 N–H and O–H groups in total. The number of rotatable bonds is 0. The number of benzene rings is 2. The summed E-state index contributed by atoms with van der Waals surface area (Å²) in [5, 5.41) is 1.12. The van der Waals surface area contributed by atoms with E-state index in [-0.39, 0.29) is 0 Å². The molecular formula is C12H14Cl2N4. The van der Waals surface area contributed by atoms with E-state index in [1.54, 1.807) is 36.4 Å². The van der Waals surface area contributed by atoms with Gasteiger partial charge in [0.2, 0.25) is 0 Å². The zero-order valence-corrected chi connectivity index (χ0v) is 11.0. The van der Waals surface area contributed by atoms with Crippen LogP contribution in [0.4, 0.5) is 22.7 Å². The minimum absolute atomic E-state index is 0.509. The Bertz CT molecular complexity index is 494. The van der Waals surface area contributed by atoms with Crippen LogP contribution < -0.4 is 22.9 Å². The lowest BCUT2D eigenvalue weighted by molar-refractivity contribution is 1.66. The van der Waals surface area contributed by atoms with Crippen molar-refractivity contribution < 1.29 is 0 Å². The summed E-state index contributed by atoms with van der Waals surface area (Å²) in [6, 6.07) is 10.0. The molecule has 0 amide bonds. The number of hydrogen-bond donors (Lipinski definition) is 4. The fraction of sp³-hybridized carbons (Fsp3) is 0. The van der Waals surface area contributed by atoms with Crippen LogP contribution in [0.25, 0.3) is 0 Å². The van der Waals surface area contributed by atoms with Gasteiger partial charge in [0.25, 0.3) is 0 Å². The molecule has 0 atom stereocenters. The molecule has 0 aliphatic carbocycles. The van der Waals surface area contributed by atoms with Crippen LogP contribution in [0.3, 0.4) is 0 Å². The highest BCUT2D eigenvalue weighted by molar-refractivity contribution is 6.33. The monoisotopic (exact) mass is 284 g/mol. The van der Waals surface area contributed by atoms with Crippen molar-refractivity contribution in [2.45, 2.75) is 0 Å². The molecule has 0 fully saturated rings. The Labute approximate surface area is 115 Å². The zero-order chi connectivity index (χ0) is 13.7. The molecule has 0 unspecified atom stereocenters. The van der Waals surface area contributed by atoms with Crippen molar-refractivity contribution in [3.8, 4) is 0 Å². The Hall–Kier alpha value is -1.78. The Kier molecular flexibility index (Phi) is 4.95. The zero-order valence-electron chi connectivity index (χ0n) is 9.53. The molecule has 0 heterocycles. The third-order valence-corrected chi connectivity index (χ3v) is 2.64. The van der Waals surface area contributed by atoms with Crippen molar-refractivity contribution in [2.75, 3.05) is 22.9 Å². The van der Waals surface area contributed by atoms with E-state index in [9.17, 15) is 0 Å². The summed E-state index contributed by atoms with van der Waals surface area (Å²) in [5.74, 6) is 0. The van der Waals surface area contributed by atoms with Crippen LogP contribution in [0.5, 0.6) is 0 Å². The maximum Gasteiger partial charge on any atom is 0.0655 e. The average molecular weight is 285 g/mol. The van der Waals surface area contributed by atoms with Crippen LogP contribution in [0.1, 0.15) is 0 Å². The van der Waals surface area contributed by atoms with Gasteiger partial charge in [-0.2, -0.15) is 0 Å². The molecule has 0 aromatic heterocycles. The highest BCUT2D eigenvalue weighted by atomic mass is 35.5. The lowest BCUT2D eigenvalue weighted by Gasteiger charge is -1.97. The Morgan fingerprint density at radius 3 is 1.72 bits per heavy atom.